The van der Waals surface area contributed by atoms with Crippen molar-refractivity contribution in [3.8, 4) is 0 Å². The molecule has 0 heterocycles. The first kappa shape index (κ1) is 10.9. The van der Waals surface area contributed by atoms with Gasteiger partial charge in [-0.3, -0.25) is 4.79 Å². The van der Waals surface area contributed by atoms with Gasteiger partial charge in [-0.25, -0.2) is 0 Å². The zero-order valence-corrected chi connectivity index (χ0v) is 9.79. The van der Waals surface area contributed by atoms with Crippen LogP contribution >= 0.6 is 0 Å². The molecule has 0 aliphatic heterocycles. The second kappa shape index (κ2) is 4.48. The molecule has 0 radical (unpaired) electrons. The number of ketones is 1. The van der Waals surface area contributed by atoms with E-state index in [1.807, 2.05) is 24.3 Å². The molecule has 0 saturated carbocycles. The van der Waals surface area contributed by atoms with Crippen LogP contribution in [0.25, 0.3) is 0 Å². The molecule has 82 valence electrons. The molecular formula is C15H16O. The normalized spacial score (nSPS) is 14.0. The van der Waals surface area contributed by atoms with Gasteiger partial charge in [0.15, 0.2) is 5.78 Å². The van der Waals surface area contributed by atoms with Crippen molar-refractivity contribution in [3.05, 3.63) is 58.7 Å². The third-order valence-electron chi connectivity index (χ3n) is 3.07. The lowest BCUT2D eigenvalue weighted by atomic mass is 9.99. The van der Waals surface area contributed by atoms with E-state index in [0.29, 0.717) is 6.42 Å². The van der Waals surface area contributed by atoms with E-state index >= 15 is 0 Å². The molecule has 1 aromatic carbocycles. The van der Waals surface area contributed by atoms with Gasteiger partial charge in [0.1, 0.15) is 0 Å². The number of benzene rings is 1. The quantitative estimate of drug-likeness (QED) is 0.751. The zero-order chi connectivity index (χ0) is 11.5. The Morgan fingerprint density at radius 1 is 1.25 bits per heavy atom. The van der Waals surface area contributed by atoms with E-state index in [4.69, 9.17) is 0 Å². The highest BCUT2D eigenvalue weighted by Crippen LogP contribution is 2.16. The van der Waals surface area contributed by atoms with E-state index in [2.05, 4.69) is 26.0 Å². The van der Waals surface area contributed by atoms with Gasteiger partial charge in [0.05, 0.1) is 0 Å². The zero-order valence-electron chi connectivity index (χ0n) is 9.79. The van der Waals surface area contributed by atoms with Crippen LogP contribution in [0.15, 0.2) is 42.0 Å². The van der Waals surface area contributed by atoms with E-state index in [0.717, 1.165) is 17.6 Å². The summed E-state index contributed by atoms with van der Waals surface area (Å²) in [6.07, 6.45) is 7.21. The first-order valence-corrected chi connectivity index (χ1v) is 5.62. The van der Waals surface area contributed by atoms with Crippen LogP contribution in [0.4, 0.5) is 0 Å². The summed E-state index contributed by atoms with van der Waals surface area (Å²) in [5, 5.41) is 0. The van der Waals surface area contributed by atoms with Crippen molar-refractivity contribution in [1.29, 1.82) is 0 Å². The minimum Gasteiger partial charge on any atom is -0.294 e. The fraction of sp³-hybridized carbons (Fsp3) is 0.267. The fourth-order valence-electron chi connectivity index (χ4n) is 1.87. The Hall–Kier alpha value is -1.63. The highest BCUT2D eigenvalue weighted by molar-refractivity contribution is 5.97. The molecule has 0 aromatic heterocycles. The molecule has 0 unspecified atom stereocenters. The lowest BCUT2D eigenvalue weighted by molar-refractivity contribution is -0.115. The van der Waals surface area contributed by atoms with E-state index < -0.39 is 0 Å². The first-order valence-electron chi connectivity index (χ1n) is 5.62. The van der Waals surface area contributed by atoms with Crippen LogP contribution in [0.1, 0.15) is 23.1 Å². The molecule has 0 spiro atoms. The van der Waals surface area contributed by atoms with Gasteiger partial charge in [0.25, 0.3) is 0 Å². The first-order chi connectivity index (χ1) is 7.66. The molecule has 0 bridgehead atoms. The number of hydrogen-bond donors (Lipinski definition) is 0. The predicted octanol–water partition coefficient (Wildman–Crippen LogP) is 3.30. The summed E-state index contributed by atoms with van der Waals surface area (Å²) < 4.78 is 0. The maximum atomic E-state index is 11.9. The predicted molar refractivity (Wildman–Crippen MR) is 66.5 cm³/mol. The van der Waals surface area contributed by atoms with Gasteiger partial charge < -0.3 is 0 Å². The Labute approximate surface area is 96.5 Å². The standard InChI is InChI=1S/C15H16O/c1-11-7-8-13(9-12(11)2)10-15(16)14-5-3-4-6-14/h3-5,7-9H,6,10H2,1-2H3. The minimum atomic E-state index is 0.244. The molecule has 16 heavy (non-hydrogen) atoms. The van der Waals surface area contributed by atoms with Crippen molar-refractivity contribution in [2.75, 3.05) is 0 Å². The van der Waals surface area contributed by atoms with Crippen molar-refractivity contribution in [3.63, 3.8) is 0 Å². The Bertz CT molecular complexity index is 478. The molecule has 0 N–H and O–H groups in total. The monoisotopic (exact) mass is 212 g/mol. The molecule has 1 aliphatic carbocycles. The van der Waals surface area contributed by atoms with Gasteiger partial charge in [-0.15, -0.1) is 0 Å². The number of carbonyl (C=O) groups is 1. The van der Waals surface area contributed by atoms with Crippen LogP contribution in [0.5, 0.6) is 0 Å². The maximum Gasteiger partial charge on any atom is 0.163 e. The largest absolute Gasteiger partial charge is 0.294 e. The van der Waals surface area contributed by atoms with Crippen molar-refractivity contribution in [1.82, 2.24) is 0 Å². The van der Waals surface area contributed by atoms with Crippen LogP contribution in [0.2, 0.25) is 0 Å². The lowest BCUT2D eigenvalue weighted by Gasteiger charge is -2.05. The Morgan fingerprint density at radius 2 is 2.06 bits per heavy atom. The second-order valence-electron chi connectivity index (χ2n) is 4.34. The topological polar surface area (TPSA) is 17.1 Å². The van der Waals surface area contributed by atoms with Gasteiger partial charge in [0, 0.05) is 6.42 Å². The molecule has 1 nitrogen and oxygen atoms in total. The molecule has 0 fully saturated rings. The smallest absolute Gasteiger partial charge is 0.163 e. The van der Waals surface area contributed by atoms with E-state index in [-0.39, 0.29) is 5.78 Å². The van der Waals surface area contributed by atoms with Crippen molar-refractivity contribution >= 4 is 5.78 Å². The van der Waals surface area contributed by atoms with Crippen LogP contribution in [-0.2, 0) is 11.2 Å². The highest BCUT2D eigenvalue weighted by Gasteiger charge is 2.11. The van der Waals surface area contributed by atoms with Gasteiger partial charge in [0.2, 0.25) is 0 Å². The average molecular weight is 212 g/mol. The summed E-state index contributed by atoms with van der Waals surface area (Å²) in [5.41, 5.74) is 4.57. The van der Waals surface area contributed by atoms with E-state index in [9.17, 15) is 4.79 Å². The minimum absolute atomic E-state index is 0.244. The average Bonchev–Trinajstić information content (AvgIpc) is 2.77. The molecule has 2 rings (SSSR count). The van der Waals surface area contributed by atoms with Crippen molar-refractivity contribution < 1.29 is 4.79 Å². The van der Waals surface area contributed by atoms with Crippen molar-refractivity contribution in [2.45, 2.75) is 26.7 Å². The van der Waals surface area contributed by atoms with Gasteiger partial charge in [-0.2, -0.15) is 0 Å². The number of Topliss-reactive ketones (excluding diaryl/α,β-unsaturated/α-hetero) is 1. The molecule has 1 aromatic rings. The number of carbonyl (C=O) groups excluding carboxylic acids is 1. The summed E-state index contributed by atoms with van der Waals surface area (Å²) in [4.78, 5) is 11.9. The molecule has 0 atom stereocenters. The number of aryl methyl sites for hydroxylation is 2. The lowest BCUT2D eigenvalue weighted by Crippen LogP contribution is -2.05. The van der Waals surface area contributed by atoms with Gasteiger partial charge in [-0.1, -0.05) is 36.4 Å². The maximum absolute atomic E-state index is 11.9. The molecule has 1 aliphatic rings. The summed E-state index contributed by atoms with van der Waals surface area (Å²) in [6.45, 7) is 4.17. The summed E-state index contributed by atoms with van der Waals surface area (Å²) in [7, 11) is 0. The summed E-state index contributed by atoms with van der Waals surface area (Å²) in [5.74, 6) is 0.244. The highest BCUT2D eigenvalue weighted by atomic mass is 16.1. The van der Waals surface area contributed by atoms with Crippen molar-refractivity contribution in [2.24, 2.45) is 0 Å². The number of allylic oxidation sites excluding steroid dienone is 4. The number of hydrogen-bond acceptors (Lipinski definition) is 1. The Kier molecular flexibility index (Phi) is 3.04. The SMILES string of the molecule is Cc1ccc(CC(=O)C2=CC=CC2)cc1C. The van der Waals surface area contributed by atoms with Gasteiger partial charge in [-0.05, 0) is 42.5 Å². The third kappa shape index (κ3) is 2.30. The van der Waals surface area contributed by atoms with E-state index in [1.165, 1.54) is 11.1 Å². The second-order valence-corrected chi connectivity index (χ2v) is 4.34. The Balaban J connectivity index is 2.09. The molecule has 0 amide bonds. The van der Waals surface area contributed by atoms with E-state index in [1.54, 1.807) is 0 Å². The summed E-state index contributed by atoms with van der Waals surface area (Å²) >= 11 is 0. The van der Waals surface area contributed by atoms with Crippen LogP contribution in [0.3, 0.4) is 0 Å². The summed E-state index contributed by atoms with van der Waals surface area (Å²) in [6, 6.07) is 6.23. The Morgan fingerprint density at radius 3 is 2.69 bits per heavy atom. The molecule has 0 saturated heterocycles. The third-order valence-corrected chi connectivity index (χ3v) is 3.07. The van der Waals surface area contributed by atoms with Crippen LogP contribution in [0, 0.1) is 13.8 Å². The number of rotatable bonds is 3. The van der Waals surface area contributed by atoms with Crippen LogP contribution < -0.4 is 0 Å². The molecular weight excluding hydrogens is 196 g/mol. The molecule has 1 heteroatoms. The van der Waals surface area contributed by atoms with Gasteiger partial charge >= 0.3 is 0 Å². The fourth-order valence-corrected chi connectivity index (χ4v) is 1.87. The van der Waals surface area contributed by atoms with Crippen LogP contribution in [-0.4, -0.2) is 5.78 Å².